The van der Waals surface area contributed by atoms with E-state index in [-0.39, 0.29) is 11.7 Å². The minimum atomic E-state index is -0.299. The summed E-state index contributed by atoms with van der Waals surface area (Å²) < 4.78 is 1.93. The van der Waals surface area contributed by atoms with E-state index >= 15 is 0 Å². The van der Waals surface area contributed by atoms with Gasteiger partial charge in [-0.2, -0.15) is 5.10 Å². The number of hydrogen-bond acceptors (Lipinski definition) is 3. The highest BCUT2D eigenvalue weighted by atomic mass is 35.5. The molecule has 1 heterocycles. The van der Waals surface area contributed by atoms with Crippen LogP contribution in [0.1, 0.15) is 43.2 Å². The van der Waals surface area contributed by atoms with Crippen LogP contribution in [-0.4, -0.2) is 21.5 Å². The number of benzene rings is 3. The van der Waals surface area contributed by atoms with E-state index in [4.69, 9.17) is 11.6 Å². The molecule has 1 aromatic heterocycles. The monoisotopic (exact) mass is 443 g/mol. The van der Waals surface area contributed by atoms with Gasteiger partial charge < -0.3 is 5.32 Å². The Kier molecular flexibility index (Phi) is 6.19. The van der Waals surface area contributed by atoms with Crippen LogP contribution in [0.5, 0.6) is 0 Å². The summed E-state index contributed by atoms with van der Waals surface area (Å²) in [5.41, 5.74) is 4.89. The van der Waals surface area contributed by atoms with Crippen LogP contribution in [0.25, 0.3) is 0 Å². The van der Waals surface area contributed by atoms with Gasteiger partial charge in [-0.3, -0.25) is 14.3 Å². The van der Waals surface area contributed by atoms with E-state index in [0.29, 0.717) is 33.9 Å². The number of rotatable bonds is 6. The van der Waals surface area contributed by atoms with Gasteiger partial charge in [0.1, 0.15) is 0 Å². The SMILES string of the molecule is Cc1cc(C)n(Cc2ccc(C(=O)Nc3ccc(Cl)cc3C(=O)c3ccccc3)cc2)n1. The Bertz CT molecular complexity index is 1280. The highest BCUT2D eigenvalue weighted by molar-refractivity contribution is 6.31. The zero-order valence-corrected chi connectivity index (χ0v) is 18.6. The van der Waals surface area contributed by atoms with Crippen molar-refractivity contribution < 1.29 is 9.59 Å². The van der Waals surface area contributed by atoms with Crippen molar-refractivity contribution in [2.24, 2.45) is 0 Å². The van der Waals surface area contributed by atoms with Crippen molar-refractivity contribution in [2.75, 3.05) is 5.32 Å². The first-order valence-electron chi connectivity index (χ1n) is 10.2. The molecule has 0 atom stereocenters. The van der Waals surface area contributed by atoms with E-state index in [0.717, 1.165) is 17.0 Å². The number of halogens is 1. The summed E-state index contributed by atoms with van der Waals surface area (Å²) >= 11 is 6.13. The van der Waals surface area contributed by atoms with Gasteiger partial charge in [-0.1, -0.05) is 54.1 Å². The number of carbonyl (C=O) groups is 2. The Balaban J connectivity index is 1.53. The number of nitrogens with zero attached hydrogens (tertiary/aromatic N) is 2. The number of anilines is 1. The van der Waals surface area contributed by atoms with E-state index in [9.17, 15) is 9.59 Å². The molecule has 1 N–H and O–H groups in total. The third-order valence-electron chi connectivity index (χ3n) is 5.16. The highest BCUT2D eigenvalue weighted by Crippen LogP contribution is 2.24. The van der Waals surface area contributed by atoms with Gasteiger partial charge in [0.05, 0.1) is 17.9 Å². The zero-order chi connectivity index (χ0) is 22.7. The molecule has 32 heavy (non-hydrogen) atoms. The van der Waals surface area contributed by atoms with Gasteiger partial charge in [0, 0.05) is 27.4 Å². The second-order valence-electron chi connectivity index (χ2n) is 7.62. The molecule has 0 aliphatic rings. The van der Waals surface area contributed by atoms with Crippen LogP contribution in [-0.2, 0) is 6.54 Å². The standard InChI is InChI=1S/C26H22ClN3O2/c1-17-14-18(2)30(29-17)16-19-8-10-21(11-9-19)26(32)28-24-13-12-22(27)15-23(24)25(31)20-6-4-3-5-7-20/h3-15H,16H2,1-2H3,(H,28,32). The predicted molar refractivity (Wildman–Crippen MR) is 127 cm³/mol. The van der Waals surface area contributed by atoms with Crippen LogP contribution in [0.4, 0.5) is 5.69 Å². The fourth-order valence-corrected chi connectivity index (χ4v) is 3.69. The molecule has 6 heteroatoms. The lowest BCUT2D eigenvalue weighted by Gasteiger charge is -2.12. The topological polar surface area (TPSA) is 64.0 Å². The molecule has 0 radical (unpaired) electrons. The molecule has 3 aromatic carbocycles. The van der Waals surface area contributed by atoms with Gasteiger partial charge in [-0.05, 0) is 55.8 Å². The van der Waals surface area contributed by atoms with E-state index in [1.807, 2.05) is 42.8 Å². The number of aryl methyl sites for hydroxylation is 2. The van der Waals surface area contributed by atoms with Crippen LogP contribution >= 0.6 is 11.6 Å². The second kappa shape index (κ2) is 9.20. The molecule has 0 saturated heterocycles. The third-order valence-corrected chi connectivity index (χ3v) is 5.40. The van der Waals surface area contributed by atoms with Crippen molar-refractivity contribution in [3.05, 3.63) is 118 Å². The molecule has 5 nitrogen and oxygen atoms in total. The lowest BCUT2D eigenvalue weighted by molar-refractivity contribution is 0.102. The number of amides is 1. The highest BCUT2D eigenvalue weighted by Gasteiger charge is 2.17. The summed E-state index contributed by atoms with van der Waals surface area (Å²) in [4.78, 5) is 25.8. The first kappa shape index (κ1) is 21.5. The predicted octanol–water partition coefficient (Wildman–Crippen LogP) is 5.68. The van der Waals surface area contributed by atoms with Crippen LogP contribution in [0.3, 0.4) is 0 Å². The lowest BCUT2D eigenvalue weighted by atomic mass is 10.0. The molecular formula is C26H22ClN3O2. The molecule has 0 aliphatic carbocycles. The molecular weight excluding hydrogens is 422 g/mol. The van der Waals surface area contributed by atoms with Gasteiger partial charge >= 0.3 is 0 Å². The summed E-state index contributed by atoms with van der Waals surface area (Å²) in [6, 6.07) is 23.1. The molecule has 0 bridgehead atoms. The molecule has 1 amide bonds. The number of carbonyl (C=O) groups excluding carboxylic acids is 2. The first-order valence-corrected chi connectivity index (χ1v) is 10.6. The molecule has 0 spiro atoms. The maximum atomic E-state index is 13.0. The van der Waals surface area contributed by atoms with Crippen LogP contribution in [0, 0.1) is 13.8 Å². The van der Waals surface area contributed by atoms with Gasteiger partial charge in [0.2, 0.25) is 0 Å². The summed E-state index contributed by atoms with van der Waals surface area (Å²) in [6.07, 6.45) is 0. The van der Waals surface area contributed by atoms with Crippen LogP contribution in [0.15, 0.2) is 78.9 Å². The Labute approximate surface area is 191 Å². The first-order chi connectivity index (χ1) is 15.4. The third kappa shape index (κ3) is 4.79. The van der Waals surface area contributed by atoms with Gasteiger partial charge in [0.15, 0.2) is 5.78 Å². The molecule has 4 rings (SSSR count). The number of hydrogen-bond donors (Lipinski definition) is 1. The number of ketones is 1. The molecule has 0 saturated carbocycles. The van der Waals surface area contributed by atoms with E-state index in [2.05, 4.69) is 10.4 Å². The summed E-state index contributed by atoms with van der Waals surface area (Å²) in [5.74, 6) is -0.504. The maximum absolute atomic E-state index is 13.0. The van der Waals surface area contributed by atoms with Crippen LogP contribution < -0.4 is 5.32 Å². The van der Waals surface area contributed by atoms with Crippen LogP contribution in [0.2, 0.25) is 5.02 Å². The number of aromatic nitrogens is 2. The molecule has 0 unspecified atom stereocenters. The Morgan fingerprint density at radius 1 is 0.906 bits per heavy atom. The molecule has 4 aromatic rings. The van der Waals surface area contributed by atoms with Crippen molar-refractivity contribution in [1.29, 1.82) is 0 Å². The summed E-state index contributed by atoms with van der Waals surface area (Å²) in [5, 5.41) is 7.75. The minimum absolute atomic E-state index is 0.205. The Hall–Kier alpha value is -3.70. The normalized spacial score (nSPS) is 10.7. The van der Waals surface area contributed by atoms with Crippen molar-refractivity contribution >= 4 is 29.0 Å². The smallest absolute Gasteiger partial charge is 0.255 e. The average Bonchev–Trinajstić information content (AvgIpc) is 3.12. The summed E-state index contributed by atoms with van der Waals surface area (Å²) in [7, 11) is 0. The largest absolute Gasteiger partial charge is 0.321 e. The van der Waals surface area contributed by atoms with Crippen molar-refractivity contribution in [3.8, 4) is 0 Å². The molecule has 0 aliphatic heterocycles. The quantitative estimate of drug-likeness (QED) is 0.389. The maximum Gasteiger partial charge on any atom is 0.255 e. The Morgan fingerprint density at radius 2 is 1.62 bits per heavy atom. The molecule has 160 valence electrons. The van der Waals surface area contributed by atoms with E-state index in [1.54, 1.807) is 54.6 Å². The fourth-order valence-electron chi connectivity index (χ4n) is 3.52. The lowest BCUT2D eigenvalue weighted by Crippen LogP contribution is -2.15. The second-order valence-corrected chi connectivity index (χ2v) is 8.06. The van der Waals surface area contributed by atoms with Gasteiger partial charge in [-0.15, -0.1) is 0 Å². The van der Waals surface area contributed by atoms with Gasteiger partial charge in [0.25, 0.3) is 5.91 Å². The van der Waals surface area contributed by atoms with E-state index in [1.165, 1.54) is 0 Å². The fraction of sp³-hybridized carbons (Fsp3) is 0.115. The van der Waals surface area contributed by atoms with Gasteiger partial charge in [-0.25, -0.2) is 0 Å². The zero-order valence-electron chi connectivity index (χ0n) is 17.8. The summed E-state index contributed by atoms with van der Waals surface area (Å²) in [6.45, 7) is 4.61. The average molecular weight is 444 g/mol. The van der Waals surface area contributed by atoms with E-state index < -0.39 is 0 Å². The number of nitrogens with one attached hydrogen (secondary N) is 1. The van der Waals surface area contributed by atoms with Crippen molar-refractivity contribution in [2.45, 2.75) is 20.4 Å². The van der Waals surface area contributed by atoms with Crippen molar-refractivity contribution in [3.63, 3.8) is 0 Å². The molecule has 0 fully saturated rings. The Morgan fingerprint density at radius 3 is 2.28 bits per heavy atom. The minimum Gasteiger partial charge on any atom is -0.321 e. The van der Waals surface area contributed by atoms with Crippen molar-refractivity contribution in [1.82, 2.24) is 9.78 Å².